The van der Waals surface area contributed by atoms with Gasteiger partial charge in [-0.2, -0.15) is 12.7 Å². The quantitative estimate of drug-likeness (QED) is 0.633. The van der Waals surface area contributed by atoms with E-state index in [-0.39, 0.29) is 18.7 Å². The Morgan fingerprint density at radius 2 is 1.53 bits per heavy atom. The number of nitrogens with zero attached hydrogens (tertiary/aromatic N) is 1. The van der Waals surface area contributed by atoms with Crippen LogP contribution in [0, 0.1) is 0 Å². The van der Waals surface area contributed by atoms with E-state index >= 15 is 0 Å². The molecule has 0 aliphatic carbocycles. The monoisotopic (exact) mass is 235 g/mol. The van der Waals surface area contributed by atoms with Crippen molar-refractivity contribution in [3.05, 3.63) is 0 Å². The summed E-state index contributed by atoms with van der Waals surface area (Å²) >= 11 is 0. The molecule has 2 atom stereocenters. The summed E-state index contributed by atoms with van der Waals surface area (Å²) < 4.78 is 29.7. The van der Waals surface area contributed by atoms with Gasteiger partial charge in [0.05, 0.1) is 6.61 Å². The van der Waals surface area contributed by atoms with Crippen molar-refractivity contribution in [2.24, 2.45) is 0 Å². The fraction of sp³-hybridized carbons (Fsp3) is 1.00. The summed E-state index contributed by atoms with van der Waals surface area (Å²) in [5.74, 6) is 0. The van der Waals surface area contributed by atoms with E-state index in [0.29, 0.717) is 0 Å². The lowest BCUT2D eigenvalue weighted by molar-refractivity contribution is 0.312. The van der Waals surface area contributed by atoms with Crippen molar-refractivity contribution in [2.45, 2.75) is 58.5 Å². The van der Waals surface area contributed by atoms with Crippen LogP contribution in [0.5, 0.6) is 0 Å². The van der Waals surface area contributed by atoms with Crippen molar-refractivity contribution >= 4 is 10.3 Å². The zero-order valence-electron chi connectivity index (χ0n) is 9.77. The van der Waals surface area contributed by atoms with E-state index in [1.54, 1.807) is 6.92 Å². The molecule has 1 saturated heterocycles. The molecular formula is C10H21NO3S. The molecule has 0 aromatic carbocycles. The zero-order chi connectivity index (χ0) is 11.5. The van der Waals surface area contributed by atoms with Gasteiger partial charge in [-0.3, -0.25) is 4.18 Å². The molecule has 5 heteroatoms. The molecule has 0 aromatic heterocycles. The summed E-state index contributed by atoms with van der Waals surface area (Å²) in [6.45, 7) is 6.07. The van der Waals surface area contributed by atoms with Gasteiger partial charge in [-0.05, 0) is 19.8 Å². The molecule has 0 saturated carbocycles. The normalized spacial score (nSPS) is 30.5. The Kier molecular flexibility index (Phi) is 4.55. The maximum absolute atomic E-state index is 11.7. The summed E-state index contributed by atoms with van der Waals surface area (Å²) in [5.41, 5.74) is 0. The summed E-state index contributed by atoms with van der Waals surface area (Å²) in [5, 5.41) is 0. The van der Waals surface area contributed by atoms with Gasteiger partial charge in [-0.1, -0.05) is 26.7 Å². The lowest BCUT2D eigenvalue weighted by Gasteiger charge is -2.04. The van der Waals surface area contributed by atoms with Gasteiger partial charge >= 0.3 is 10.3 Å². The minimum atomic E-state index is -3.45. The highest BCUT2D eigenvalue weighted by Crippen LogP contribution is 2.38. The van der Waals surface area contributed by atoms with Crippen molar-refractivity contribution in [1.82, 2.24) is 4.31 Å². The predicted molar refractivity (Wildman–Crippen MR) is 59.8 cm³/mol. The largest absolute Gasteiger partial charge is 0.339 e. The molecule has 1 aliphatic heterocycles. The Bertz CT molecular complexity index is 277. The second-order valence-corrected chi connectivity index (χ2v) is 5.42. The highest BCUT2D eigenvalue weighted by Gasteiger charge is 2.53. The Morgan fingerprint density at radius 1 is 1.07 bits per heavy atom. The fourth-order valence-electron chi connectivity index (χ4n) is 2.08. The predicted octanol–water partition coefficient (Wildman–Crippen LogP) is 1.92. The van der Waals surface area contributed by atoms with E-state index < -0.39 is 10.3 Å². The van der Waals surface area contributed by atoms with Crippen LogP contribution < -0.4 is 0 Å². The maximum atomic E-state index is 11.7. The summed E-state index contributed by atoms with van der Waals surface area (Å²) in [6, 6.07) is 0.373. The molecule has 0 aromatic rings. The van der Waals surface area contributed by atoms with Gasteiger partial charge in [0.2, 0.25) is 0 Å². The lowest BCUT2D eigenvalue weighted by atomic mass is 10.1. The van der Waals surface area contributed by atoms with E-state index in [1.165, 1.54) is 4.31 Å². The molecule has 90 valence electrons. The molecule has 4 nitrogen and oxygen atoms in total. The van der Waals surface area contributed by atoms with Crippen LogP contribution in [0.4, 0.5) is 0 Å². The fourth-order valence-corrected chi connectivity index (χ4v) is 3.60. The highest BCUT2D eigenvalue weighted by atomic mass is 32.2. The zero-order valence-corrected chi connectivity index (χ0v) is 10.6. The van der Waals surface area contributed by atoms with Crippen LogP contribution in [-0.2, 0) is 14.5 Å². The first kappa shape index (κ1) is 12.9. The molecule has 0 N–H and O–H groups in total. The Labute approximate surface area is 92.9 Å². The maximum Gasteiger partial charge on any atom is 0.339 e. The minimum Gasteiger partial charge on any atom is -0.258 e. The first-order chi connectivity index (χ1) is 7.08. The third kappa shape index (κ3) is 2.92. The van der Waals surface area contributed by atoms with Crippen LogP contribution in [0.1, 0.15) is 46.5 Å². The van der Waals surface area contributed by atoms with Gasteiger partial charge < -0.3 is 0 Å². The molecule has 1 aliphatic rings. The van der Waals surface area contributed by atoms with E-state index in [1.807, 2.05) is 0 Å². The standard InChI is InChI=1S/C10H21NO3S/c1-4-7-9-10(8-5-2)11(9)15(12,13)14-6-3/h9-10H,4-8H2,1-3H3. The van der Waals surface area contributed by atoms with Crippen molar-refractivity contribution in [2.75, 3.05) is 6.61 Å². The second kappa shape index (κ2) is 5.27. The average Bonchev–Trinajstić information content (AvgIpc) is 2.80. The molecule has 15 heavy (non-hydrogen) atoms. The van der Waals surface area contributed by atoms with E-state index in [9.17, 15) is 8.42 Å². The summed E-state index contributed by atoms with van der Waals surface area (Å²) in [7, 11) is -3.45. The second-order valence-electron chi connectivity index (χ2n) is 3.91. The van der Waals surface area contributed by atoms with Crippen molar-refractivity contribution in [1.29, 1.82) is 0 Å². The van der Waals surface area contributed by atoms with Gasteiger partial charge in [-0.25, -0.2) is 0 Å². The first-order valence-corrected chi connectivity index (χ1v) is 7.12. The summed E-state index contributed by atoms with van der Waals surface area (Å²) in [6.07, 6.45) is 3.92. The smallest absolute Gasteiger partial charge is 0.258 e. The van der Waals surface area contributed by atoms with Gasteiger partial charge in [-0.15, -0.1) is 0 Å². The van der Waals surface area contributed by atoms with Crippen molar-refractivity contribution in [3.63, 3.8) is 0 Å². The third-order valence-electron chi connectivity index (χ3n) is 2.70. The van der Waals surface area contributed by atoms with E-state index in [2.05, 4.69) is 13.8 Å². The average molecular weight is 235 g/mol. The first-order valence-electron chi connectivity index (χ1n) is 5.76. The lowest BCUT2D eigenvalue weighted by Crippen LogP contribution is -2.18. The van der Waals surface area contributed by atoms with Crippen LogP contribution in [0.25, 0.3) is 0 Å². The molecular weight excluding hydrogens is 214 g/mol. The van der Waals surface area contributed by atoms with Crippen LogP contribution in [-0.4, -0.2) is 31.4 Å². The Hall–Kier alpha value is -0.130. The topological polar surface area (TPSA) is 46.4 Å². The number of hydrogen-bond donors (Lipinski definition) is 0. The molecule has 2 unspecified atom stereocenters. The minimum absolute atomic E-state index is 0.187. The number of hydrogen-bond acceptors (Lipinski definition) is 3. The third-order valence-corrected chi connectivity index (χ3v) is 4.29. The summed E-state index contributed by atoms with van der Waals surface area (Å²) in [4.78, 5) is 0. The van der Waals surface area contributed by atoms with E-state index in [0.717, 1.165) is 25.7 Å². The number of rotatable bonds is 7. The molecule has 0 spiro atoms. The Balaban J connectivity index is 2.61. The van der Waals surface area contributed by atoms with E-state index in [4.69, 9.17) is 4.18 Å². The van der Waals surface area contributed by atoms with Crippen LogP contribution in [0.15, 0.2) is 0 Å². The molecule has 1 heterocycles. The van der Waals surface area contributed by atoms with Crippen LogP contribution >= 0.6 is 0 Å². The van der Waals surface area contributed by atoms with Crippen LogP contribution in [0.3, 0.4) is 0 Å². The van der Waals surface area contributed by atoms with Crippen LogP contribution in [0.2, 0.25) is 0 Å². The molecule has 0 amide bonds. The molecule has 0 radical (unpaired) electrons. The molecule has 1 rings (SSSR count). The Morgan fingerprint density at radius 3 is 1.87 bits per heavy atom. The van der Waals surface area contributed by atoms with Gasteiger partial charge in [0.25, 0.3) is 0 Å². The van der Waals surface area contributed by atoms with Crippen molar-refractivity contribution < 1.29 is 12.6 Å². The van der Waals surface area contributed by atoms with Gasteiger partial charge in [0, 0.05) is 12.1 Å². The molecule has 0 bridgehead atoms. The van der Waals surface area contributed by atoms with Gasteiger partial charge in [0.1, 0.15) is 0 Å². The highest BCUT2D eigenvalue weighted by molar-refractivity contribution is 7.84. The SMILES string of the molecule is CCCC1C(CCC)N1S(=O)(=O)OCC. The van der Waals surface area contributed by atoms with Crippen molar-refractivity contribution in [3.8, 4) is 0 Å². The van der Waals surface area contributed by atoms with Gasteiger partial charge in [0.15, 0.2) is 0 Å². The molecule has 1 fully saturated rings.